The van der Waals surface area contributed by atoms with Crippen molar-refractivity contribution in [2.24, 2.45) is 5.92 Å². The van der Waals surface area contributed by atoms with Crippen LogP contribution >= 0.6 is 0 Å². The average Bonchev–Trinajstić information content (AvgIpc) is 2.15. The minimum atomic E-state index is 0.686. The van der Waals surface area contributed by atoms with Gasteiger partial charge in [-0.1, -0.05) is 19.9 Å². The van der Waals surface area contributed by atoms with E-state index in [4.69, 9.17) is 0 Å². The maximum absolute atomic E-state index is 3.51. The smallest absolute Gasteiger partial charge is 0.0378 e. The van der Waals surface area contributed by atoms with E-state index in [1.54, 1.807) is 0 Å². The quantitative estimate of drug-likeness (QED) is 0.659. The Morgan fingerprint density at radius 3 is 2.50 bits per heavy atom. The van der Waals surface area contributed by atoms with Gasteiger partial charge >= 0.3 is 0 Å². The molecular weight excluding hydrogens is 170 g/mol. The third kappa shape index (κ3) is 1.41. The lowest BCUT2D eigenvalue weighted by molar-refractivity contribution is 0.497. The highest BCUT2D eigenvalue weighted by Gasteiger charge is 2.22. The molecule has 1 heterocycles. The van der Waals surface area contributed by atoms with Gasteiger partial charge in [0.15, 0.2) is 0 Å². The first-order chi connectivity index (χ1) is 6.59. The summed E-state index contributed by atoms with van der Waals surface area (Å²) in [7, 11) is 0. The van der Waals surface area contributed by atoms with E-state index in [1.807, 2.05) is 0 Å². The molecule has 0 saturated heterocycles. The van der Waals surface area contributed by atoms with Crippen molar-refractivity contribution in [3.63, 3.8) is 0 Å². The molecule has 0 bridgehead atoms. The Kier molecular flexibility index (Phi) is 2.26. The van der Waals surface area contributed by atoms with Crippen LogP contribution in [0.25, 0.3) is 0 Å². The highest BCUT2D eigenvalue weighted by molar-refractivity contribution is 5.58. The standard InChI is InChI=1S/C13H19N/c1-8-5-12-11(4)10(3)7-14-13(12)6-9(8)2/h5-6,10-11,14H,7H2,1-4H3. The summed E-state index contributed by atoms with van der Waals surface area (Å²) in [5.41, 5.74) is 5.63. The van der Waals surface area contributed by atoms with Gasteiger partial charge in [0.05, 0.1) is 0 Å². The Hall–Kier alpha value is -0.980. The largest absolute Gasteiger partial charge is 0.385 e. The van der Waals surface area contributed by atoms with Crippen molar-refractivity contribution >= 4 is 5.69 Å². The van der Waals surface area contributed by atoms with Crippen LogP contribution in [0.1, 0.15) is 36.5 Å². The van der Waals surface area contributed by atoms with Crippen molar-refractivity contribution in [1.29, 1.82) is 0 Å². The van der Waals surface area contributed by atoms with Crippen LogP contribution in [-0.4, -0.2) is 6.54 Å². The fourth-order valence-electron chi connectivity index (χ4n) is 2.12. The minimum absolute atomic E-state index is 0.686. The number of hydrogen-bond donors (Lipinski definition) is 1. The Morgan fingerprint density at radius 2 is 1.79 bits per heavy atom. The van der Waals surface area contributed by atoms with Gasteiger partial charge in [-0.15, -0.1) is 0 Å². The Bertz CT molecular complexity index is 354. The summed E-state index contributed by atoms with van der Waals surface area (Å²) in [6.45, 7) is 10.1. The molecule has 1 nitrogen and oxygen atoms in total. The van der Waals surface area contributed by atoms with E-state index in [-0.39, 0.29) is 0 Å². The predicted octanol–water partition coefficient (Wildman–Crippen LogP) is 3.47. The van der Waals surface area contributed by atoms with Gasteiger partial charge in [-0.25, -0.2) is 0 Å². The normalized spacial score (nSPS) is 25.4. The molecule has 2 unspecified atom stereocenters. The first-order valence-electron chi connectivity index (χ1n) is 5.44. The van der Waals surface area contributed by atoms with Crippen molar-refractivity contribution in [3.05, 3.63) is 28.8 Å². The van der Waals surface area contributed by atoms with E-state index >= 15 is 0 Å². The third-order valence-electron chi connectivity index (χ3n) is 3.62. The molecule has 0 radical (unpaired) electrons. The number of anilines is 1. The van der Waals surface area contributed by atoms with Crippen molar-refractivity contribution in [2.45, 2.75) is 33.6 Å². The van der Waals surface area contributed by atoms with Gasteiger partial charge in [-0.05, 0) is 48.4 Å². The van der Waals surface area contributed by atoms with Crippen LogP contribution < -0.4 is 5.32 Å². The van der Waals surface area contributed by atoms with Crippen LogP contribution in [0, 0.1) is 19.8 Å². The molecule has 0 aliphatic carbocycles. The molecule has 2 rings (SSSR count). The average molecular weight is 189 g/mol. The van der Waals surface area contributed by atoms with Crippen LogP contribution in [0.4, 0.5) is 5.69 Å². The molecule has 1 aromatic carbocycles. The zero-order valence-electron chi connectivity index (χ0n) is 9.52. The van der Waals surface area contributed by atoms with E-state index in [2.05, 4.69) is 45.1 Å². The molecule has 14 heavy (non-hydrogen) atoms. The van der Waals surface area contributed by atoms with Crippen LogP contribution in [0.3, 0.4) is 0 Å². The predicted molar refractivity (Wildman–Crippen MR) is 62.0 cm³/mol. The highest BCUT2D eigenvalue weighted by atomic mass is 14.9. The van der Waals surface area contributed by atoms with Crippen LogP contribution in [0.15, 0.2) is 12.1 Å². The second-order valence-electron chi connectivity index (χ2n) is 4.67. The summed E-state index contributed by atoms with van der Waals surface area (Å²) in [4.78, 5) is 0. The number of fused-ring (bicyclic) bond motifs is 1. The second-order valence-corrected chi connectivity index (χ2v) is 4.67. The van der Waals surface area contributed by atoms with E-state index in [0.29, 0.717) is 5.92 Å². The van der Waals surface area contributed by atoms with Gasteiger partial charge in [0.25, 0.3) is 0 Å². The summed E-state index contributed by atoms with van der Waals surface area (Å²) in [5.74, 6) is 1.43. The molecule has 0 aromatic heterocycles. The lowest BCUT2D eigenvalue weighted by Gasteiger charge is -2.30. The molecule has 2 atom stereocenters. The molecule has 0 amide bonds. The van der Waals surface area contributed by atoms with Crippen LogP contribution in [0.5, 0.6) is 0 Å². The van der Waals surface area contributed by atoms with Gasteiger partial charge in [-0.2, -0.15) is 0 Å². The molecule has 0 fully saturated rings. The minimum Gasteiger partial charge on any atom is -0.385 e. The maximum Gasteiger partial charge on any atom is 0.0378 e. The van der Waals surface area contributed by atoms with E-state index in [1.165, 1.54) is 22.4 Å². The fourth-order valence-corrected chi connectivity index (χ4v) is 2.12. The molecule has 0 saturated carbocycles. The first kappa shape index (κ1) is 9.57. The van der Waals surface area contributed by atoms with Crippen molar-refractivity contribution < 1.29 is 0 Å². The van der Waals surface area contributed by atoms with E-state index in [0.717, 1.165) is 12.5 Å². The Balaban J connectivity index is 2.50. The fraction of sp³-hybridized carbons (Fsp3) is 0.538. The number of benzene rings is 1. The van der Waals surface area contributed by atoms with Gasteiger partial charge in [-0.3, -0.25) is 0 Å². The van der Waals surface area contributed by atoms with Crippen molar-refractivity contribution in [1.82, 2.24) is 0 Å². The zero-order valence-corrected chi connectivity index (χ0v) is 9.52. The maximum atomic E-state index is 3.51. The lowest BCUT2D eigenvalue weighted by atomic mass is 9.83. The topological polar surface area (TPSA) is 12.0 Å². The second kappa shape index (κ2) is 3.30. The Morgan fingerprint density at radius 1 is 1.14 bits per heavy atom. The molecule has 1 aliphatic rings. The van der Waals surface area contributed by atoms with E-state index in [9.17, 15) is 0 Å². The van der Waals surface area contributed by atoms with Crippen LogP contribution in [-0.2, 0) is 0 Å². The summed E-state index contributed by atoms with van der Waals surface area (Å²) in [5, 5.41) is 3.51. The number of nitrogens with one attached hydrogen (secondary N) is 1. The molecule has 76 valence electrons. The third-order valence-corrected chi connectivity index (χ3v) is 3.62. The summed E-state index contributed by atoms with van der Waals surface area (Å²) < 4.78 is 0. The van der Waals surface area contributed by atoms with Gasteiger partial charge < -0.3 is 5.32 Å². The first-order valence-corrected chi connectivity index (χ1v) is 5.44. The van der Waals surface area contributed by atoms with Gasteiger partial charge in [0.1, 0.15) is 0 Å². The molecule has 0 spiro atoms. The highest BCUT2D eigenvalue weighted by Crippen LogP contribution is 2.36. The lowest BCUT2D eigenvalue weighted by Crippen LogP contribution is -2.24. The molecule has 1 aromatic rings. The Labute approximate surface area is 86.5 Å². The molecule has 1 heteroatoms. The summed E-state index contributed by atoms with van der Waals surface area (Å²) in [6, 6.07) is 4.63. The number of aryl methyl sites for hydroxylation is 2. The SMILES string of the molecule is Cc1cc2c(cc1C)C(C)C(C)CN2. The molecule has 1 N–H and O–H groups in total. The van der Waals surface area contributed by atoms with E-state index < -0.39 is 0 Å². The van der Waals surface area contributed by atoms with Crippen molar-refractivity contribution in [3.8, 4) is 0 Å². The monoisotopic (exact) mass is 189 g/mol. The van der Waals surface area contributed by atoms with Crippen LogP contribution in [0.2, 0.25) is 0 Å². The summed E-state index contributed by atoms with van der Waals surface area (Å²) in [6.07, 6.45) is 0. The number of rotatable bonds is 0. The molecular formula is C13H19N. The number of hydrogen-bond acceptors (Lipinski definition) is 1. The summed E-state index contributed by atoms with van der Waals surface area (Å²) >= 11 is 0. The van der Waals surface area contributed by atoms with Gasteiger partial charge in [0, 0.05) is 12.2 Å². The van der Waals surface area contributed by atoms with Gasteiger partial charge in [0.2, 0.25) is 0 Å². The zero-order chi connectivity index (χ0) is 10.3. The van der Waals surface area contributed by atoms with Crippen molar-refractivity contribution in [2.75, 3.05) is 11.9 Å². The molecule has 1 aliphatic heterocycles.